The zero-order valence-electron chi connectivity index (χ0n) is 17.0. The predicted molar refractivity (Wildman–Crippen MR) is 116 cm³/mol. The molecule has 2 rings (SSSR count). The smallest absolute Gasteiger partial charge is 0.244 e. The van der Waals surface area contributed by atoms with Gasteiger partial charge < -0.3 is 15.4 Å². The van der Waals surface area contributed by atoms with Gasteiger partial charge in [0.05, 0.1) is 19.1 Å². The third-order valence-electron chi connectivity index (χ3n) is 4.06. The first-order chi connectivity index (χ1) is 14.2. The summed E-state index contributed by atoms with van der Waals surface area (Å²) < 4.78 is 30.4. The first-order valence-electron chi connectivity index (χ1n) is 9.14. The van der Waals surface area contributed by atoms with Crippen LogP contribution in [0, 0.1) is 0 Å². The number of hydrogen-bond donors (Lipinski definition) is 3. The Labute approximate surface area is 176 Å². The fourth-order valence-electron chi connectivity index (χ4n) is 2.52. The molecule has 9 heteroatoms. The van der Waals surface area contributed by atoms with Gasteiger partial charge in [-0.15, -0.1) is 0 Å². The van der Waals surface area contributed by atoms with E-state index in [4.69, 9.17) is 4.74 Å². The van der Waals surface area contributed by atoms with E-state index in [1.165, 1.54) is 6.08 Å². The molecular formula is C21H25N3O5S. The monoisotopic (exact) mass is 431 g/mol. The molecule has 0 bridgehead atoms. The predicted octanol–water partition coefficient (Wildman–Crippen LogP) is 1.90. The Bertz CT molecular complexity index is 1020. The highest BCUT2D eigenvalue weighted by molar-refractivity contribution is 7.92. The van der Waals surface area contributed by atoms with E-state index in [9.17, 15) is 18.0 Å². The Balaban J connectivity index is 1.89. The van der Waals surface area contributed by atoms with Crippen molar-refractivity contribution >= 4 is 33.6 Å². The molecule has 0 saturated carbocycles. The van der Waals surface area contributed by atoms with Gasteiger partial charge >= 0.3 is 0 Å². The molecule has 0 aliphatic carbocycles. The van der Waals surface area contributed by atoms with Gasteiger partial charge in [0, 0.05) is 12.6 Å². The quantitative estimate of drug-likeness (QED) is 0.525. The minimum absolute atomic E-state index is 0.111. The van der Waals surface area contributed by atoms with Crippen LogP contribution in [0.5, 0.6) is 5.75 Å². The summed E-state index contributed by atoms with van der Waals surface area (Å²) in [5.41, 5.74) is 1.81. The van der Waals surface area contributed by atoms with Crippen LogP contribution in [0.2, 0.25) is 0 Å². The number of para-hydroxylation sites is 1. The van der Waals surface area contributed by atoms with Gasteiger partial charge in [-0.2, -0.15) is 0 Å². The average molecular weight is 432 g/mol. The Morgan fingerprint density at radius 3 is 2.40 bits per heavy atom. The molecule has 0 saturated heterocycles. The third kappa shape index (κ3) is 7.59. The number of sulfonamides is 1. The van der Waals surface area contributed by atoms with Crippen LogP contribution in [0.25, 0.3) is 6.08 Å². The van der Waals surface area contributed by atoms with Crippen molar-refractivity contribution in [1.82, 2.24) is 10.6 Å². The zero-order chi connectivity index (χ0) is 22.1. The average Bonchev–Trinajstić information content (AvgIpc) is 2.70. The zero-order valence-corrected chi connectivity index (χ0v) is 17.8. The first kappa shape index (κ1) is 23.0. The van der Waals surface area contributed by atoms with Gasteiger partial charge in [-0.3, -0.25) is 14.3 Å². The second-order valence-corrected chi connectivity index (χ2v) is 8.33. The highest BCUT2D eigenvalue weighted by atomic mass is 32.2. The van der Waals surface area contributed by atoms with Crippen LogP contribution in [-0.4, -0.2) is 39.6 Å². The maximum Gasteiger partial charge on any atom is 0.244 e. The van der Waals surface area contributed by atoms with E-state index in [0.717, 1.165) is 17.6 Å². The summed E-state index contributed by atoms with van der Waals surface area (Å²) in [5, 5.41) is 5.28. The van der Waals surface area contributed by atoms with Gasteiger partial charge in [0.1, 0.15) is 11.8 Å². The van der Waals surface area contributed by atoms with Crippen LogP contribution < -0.4 is 20.1 Å². The number of methoxy groups -OCH3 is 1. The van der Waals surface area contributed by atoms with Gasteiger partial charge in [-0.05, 0) is 42.3 Å². The van der Waals surface area contributed by atoms with Crippen LogP contribution in [-0.2, 0) is 26.2 Å². The van der Waals surface area contributed by atoms with Crippen LogP contribution in [0.1, 0.15) is 18.1 Å². The molecule has 0 aliphatic rings. The molecule has 1 unspecified atom stereocenters. The summed E-state index contributed by atoms with van der Waals surface area (Å²) in [6.07, 6.45) is 4.03. The van der Waals surface area contributed by atoms with Gasteiger partial charge in [-0.1, -0.05) is 30.3 Å². The van der Waals surface area contributed by atoms with Gasteiger partial charge in [0.15, 0.2) is 0 Å². The number of carbonyl (C=O) groups is 2. The molecule has 2 aromatic rings. The minimum Gasteiger partial charge on any atom is -0.497 e. The van der Waals surface area contributed by atoms with Crippen molar-refractivity contribution in [2.45, 2.75) is 19.5 Å². The van der Waals surface area contributed by atoms with Crippen LogP contribution in [0.3, 0.4) is 0 Å². The summed E-state index contributed by atoms with van der Waals surface area (Å²) in [6.45, 7) is 1.68. The molecule has 0 aromatic heterocycles. The second-order valence-electron chi connectivity index (χ2n) is 6.59. The molecule has 2 aromatic carbocycles. The van der Waals surface area contributed by atoms with Gasteiger partial charge in [0.25, 0.3) is 0 Å². The van der Waals surface area contributed by atoms with Crippen molar-refractivity contribution < 1.29 is 22.7 Å². The summed E-state index contributed by atoms with van der Waals surface area (Å²) >= 11 is 0. The maximum absolute atomic E-state index is 12.3. The number of ether oxygens (including phenoxy) is 1. The number of carbonyl (C=O) groups excluding carboxylic acids is 2. The first-order valence-corrected chi connectivity index (χ1v) is 11.0. The number of benzene rings is 2. The van der Waals surface area contributed by atoms with Crippen LogP contribution in [0.15, 0.2) is 54.6 Å². The van der Waals surface area contributed by atoms with Crippen molar-refractivity contribution in [2.75, 3.05) is 18.1 Å². The lowest BCUT2D eigenvalue weighted by atomic mass is 10.2. The molecule has 8 nitrogen and oxygen atoms in total. The normalized spacial score (nSPS) is 12.2. The van der Waals surface area contributed by atoms with E-state index < -0.39 is 27.9 Å². The number of anilines is 1. The Morgan fingerprint density at radius 2 is 1.77 bits per heavy atom. The lowest BCUT2D eigenvalue weighted by Crippen LogP contribution is -2.44. The number of nitrogens with one attached hydrogen (secondary N) is 3. The Morgan fingerprint density at radius 1 is 1.10 bits per heavy atom. The standard InChI is InChI=1S/C21H25N3O5S/c1-15(23-20(25)13-10-16-8-11-18(29-2)12-9-16)21(26)22-14-17-6-4-5-7-19(17)24-30(3,27)28/h4-13,15,24H,14H2,1-3H3,(H,22,26)(H,23,25)/b13-10+. The molecule has 0 fully saturated rings. The highest BCUT2D eigenvalue weighted by Gasteiger charge is 2.15. The van der Waals surface area contributed by atoms with E-state index in [1.54, 1.807) is 68.6 Å². The largest absolute Gasteiger partial charge is 0.497 e. The molecule has 3 N–H and O–H groups in total. The van der Waals surface area contributed by atoms with Crippen molar-refractivity contribution in [3.05, 3.63) is 65.7 Å². The van der Waals surface area contributed by atoms with Crippen molar-refractivity contribution in [3.8, 4) is 5.75 Å². The molecule has 1 atom stereocenters. The second kappa shape index (κ2) is 10.4. The van der Waals surface area contributed by atoms with Crippen molar-refractivity contribution in [1.29, 1.82) is 0 Å². The fraction of sp³-hybridized carbons (Fsp3) is 0.238. The summed E-state index contributed by atoms with van der Waals surface area (Å²) in [4.78, 5) is 24.4. The summed E-state index contributed by atoms with van der Waals surface area (Å²) in [5.74, 6) is -0.0850. The molecule has 0 heterocycles. The van der Waals surface area contributed by atoms with E-state index in [-0.39, 0.29) is 6.54 Å². The molecule has 2 amide bonds. The molecule has 0 aliphatic heterocycles. The maximum atomic E-state index is 12.3. The third-order valence-corrected chi connectivity index (χ3v) is 4.65. The lowest BCUT2D eigenvalue weighted by Gasteiger charge is -2.15. The Hall–Kier alpha value is -3.33. The molecule has 0 radical (unpaired) electrons. The van der Waals surface area contributed by atoms with Gasteiger partial charge in [0.2, 0.25) is 21.8 Å². The number of rotatable bonds is 9. The van der Waals surface area contributed by atoms with Gasteiger partial charge in [-0.25, -0.2) is 8.42 Å². The van der Waals surface area contributed by atoms with E-state index in [0.29, 0.717) is 11.3 Å². The topological polar surface area (TPSA) is 114 Å². The van der Waals surface area contributed by atoms with Crippen LogP contribution >= 0.6 is 0 Å². The lowest BCUT2D eigenvalue weighted by molar-refractivity contribution is -0.126. The number of amides is 2. The molecular weight excluding hydrogens is 406 g/mol. The van der Waals surface area contributed by atoms with Crippen LogP contribution in [0.4, 0.5) is 5.69 Å². The van der Waals surface area contributed by atoms with Crippen molar-refractivity contribution in [3.63, 3.8) is 0 Å². The van der Waals surface area contributed by atoms with Crippen molar-refractivity contribution in [2.24, 2.45) is 0 Å². The summed E-state index contributed by atoms with van der Waals surface area (Å²) in [6, 6.07) is 13.1. The number of hydrogen-bond acceptors (Lipinski definition) is 5. The minimum atomic E-state index is -3.44. The SMILES string of the molecule is COc1ccc(/C=C/C(=O)NC(C)C(=O)NCc2ccccc2NS(C)(=O)=O)cc1. The molecule has 30 heavy (non-hydrogen) atoms. The van der Waals surface area contributed by atoms with E-state index in [2.05, 4.69) is 15.4 Å². The van der Waals surface area contributed by atoms with E-state index >= 15 is 0 Å². The summed E-state index contributed by atoms with van der Waals surface area (Å²) in [7, 11) is -1.86. The fourth-order valence-corrected chi connectivity index (χ4v) is 3.12. The molecule has 0 spiro atoms. The molecule has 160 valence electrons. The Kier molecular flexibility index (Phi) is 7.99. The van der Waals surface area contributed by atoms with E-state index in [1.807, 2.05) is 0 Å². The highest BCUT2D eigenvalue weighted by Crippen LogP contribution is 2.16.